The Kier molecular flexibility index (Phi) is 7.24. The van der Waals surface area contributed by atoms with Crippen LogP contribution in [0.1, 0.15) is 26.3 Å². The second-order valence-electron chi connectivity index (χ2n) is 6.15. The van der Waals surface area contributed by atoms with Gasteiger partial charge in [0, 0.05) is 6.54 Å². The molecule has 0 N–H and O–H groups in total. The Labute approximate surface area is 143 Å². The summed E-state index contributed by atoms with van der Waals surface area (Å²) in [5, 5.41) is 0. The lowest BCUT2D eigenvalue weighted by Gasteiger charge is -2.27. The van der Waals surface area contributed by atoms with Crippen molar-refractivity contribution in [3.8, 4) is 0 Å². The average Bonchev–Trinajstić information content (AvgIpc) is 2.53. The molecule has 0 saturated carbocycles. The number of hydrogen-bond donors (Lipinski definition) is 0. The summed E-state index contributed by atoms with van der Waals surface area (Å²) < 4.78 is 10.2. The molecular weight excluding hydrogens is 306 g/mol. The normalized spacial score (nSPS) is 11.6. The summed E-state index contributed by atoms with van der Waals surface area (Å²) in [6.07, 6.45) is 3.06. The third-order valence-electron chi connectivity index (χ3n) is 2.98. The summed E-state index contributed by atoms with van der Waals surface area (Å²) in [5.74, 6) is -0.598. The van der Waals surface area contributed by atoms with Crippen LogP contribution in [0.25, 0.3) is 0 Å². The van der Waals surface area contributed by atoms with Crippen LogP contribution in [0.3, 0.4) is 0 Å². The second-order valence-corrected chi connectivity index (χ2v) is 6.15. The number of amides is 1. The van der Waals surface area contributed by atoms with E-state index < -0.39 is 17.7 Å². The number of allylic oxidation sites excluding steroid dienone is 1. The maximum absolute atomic E-state index is 12.4. The van der Waals surface area contributed by atoms with Crippen molar-refractivity contribution in [1.82, 2.24) is 4.90 Å². The monoisotopic (exact) mass is 331 g/mol. The van der Waals surface area contributed by atoms with Gasteiger partial charge in [-0.1, -0.05) is 36.4 Å². The molecule has 1 aromatic rings. The molecule has 1 amide bonds. The average molecular weight is 331 g/mol. The Bertz CT molecular complexity index is 600. The molecular formula is C19H25NO4. The van der Waals surface area contributed by atoms with Crippen molar-refractivity contribution in [3.63, 3.8) is 0 Å². The summed E-state index contributed by atoms with van der Waals surface area (Å²) in [4.78, 5) is 25.8. The van der Waals surface area contributed by atoms with Crippen LogP contribution >= 0.6 is 0 Å². The maximum atomic E-state index is 12.4. The Morgan fingerprint density at radius 2 is 1.83 bits per heavy atom. The van der Waals surface area contributed by atoms with Crippen LogP contribution in [0, 0.1) is 0 Å². The molecule has 0 saturated heterocycles. The second kappa shape index (κ2) is 8.91. The molecule has 0 heterocycles. The van der Waals surface area contributed by atoms with Gasteiger partial charge in [-0.3, -0.25) is 4.90 Å². The third kappa shape index (κ3) is 6.28. The van der Waals surface area contributed by atoms with Gasteiger partial charge in [0.15, 0.2) is 0 Å². The van der Waals surface area contributed by atoms with E-state index in [1.807, 2.05) is 30.3 Å². The molecule has 24 heavy (non-hydrogen) atoms. The first-order chi connectivity index (χ1) is 11.3. The van der Waals surface area contributed by atoms with Gasteiger partial charge in [-0.15, -0.1) is 6.58 Å². The Morgan fingerprint density at radius 3 is 2.33 bits per heavy atom. The van der Waals surface area contributed by atoms with Crippen LogP contribution in [-0.2, 0) is 20.7 Å². The highest BCUT2D eigenvalue weighted by Gasteiger charge is 2.27. The predicted octanol–water partition coefficient (Wildman–Crippen LogP) is 3.71. The van der Waals surface area contributed by atoms with E-state index in [0.29, 0.717) is 6.42 Å². The standard InChI is InChI=1S/C19H25NO4/c1-6-14-20(18(22)24-19(2,3)4)16(17(21)23-5)13-12-15-10-8-7-9-11-15/h6-11,13H,1,12,14H2,2-5H3/b16-13+. The maximum Gasteiger partial charge on any atom is 0.415 e. The first kappa shape index (κ1) is 19.5. The number of esters is 1. The molecule has 5 nitrogen and oxygen atoms in total. The van der Waals surface area contributed by atoms with Gasteiger partial charge in [0.1, 0.15) is 11.3 Å². The smallest absolute Gasteiger partial charge is 0.415 e. The van der Waals surface area contributed by atoms with E-state index in [1.165, 1.54) is 18.1 Å². The van der Waals surface area contributed by atoms with Crippen LogP contribution in [0.5, 0.6) is 0 Å². The molecule has 1 aromatic carbocycles. The van der Waals surface area contributed by atoms with Gasteiger partial charge in [0.05, 0.1) is 7.11 Å². The van der Waals surface area contributed by atoms with E-state index in [0.717, 1.165) is 5.56 Å². The zero-order chi connectivity index (χ0) is 18.2. The zero-order valence-electron chi connectivity index (χ0n) is 14.7. The first-order valence-corrected chi connectivity index (χ1v) is 7.72. The fourth-order valence-corrected chi connectivity index (χ4v) is 1.95. The Hall–Kier alpha value is -2.56. The number of methoxy groups -OCH3 is 1. The van der Waals surface area contributed by atoms with Gasteiger partial charge in [-0.25, -0.2) is 9.59 Å². The lowest BCUT2D eigenvalue weighted by Crippen LogP contribution is -2.39. The Morgan fingerprint density at radius 1 is 1.21 bits per heavy atom. The predicted molar refractivity (Wildman–Crippen MR) is 93.4 cm³/mol. The third-order valence-corrected chi connectivity index (χ3v) is 2.98. The summed E-state index contributed by atoms with van der Waals surface area (Å²) in [6.45, 7) is 9.08. The number of benzene rings is 1. The van der Waals surface area contributed by atoms with Crippen LogP contribution in [0.4, 0.5) is 4.79 Å². The van der Waals surface area contributed by atoms with Gasteiger partial charge < -0.3 is 9.47 Å². The van der Waals surface area contributed by atoms with Gasteiger partial charge in [-0.2, -0.15) is 0 Å². The minimum absolute atomic E-state index is 0.135. The number of ether oxygens (including phenoxy) is 2. The molecule has 0 unspecified atom stereocenters. The van der Waals surface area contributed by atoms with Crippen LogP contribution in [0.2, 0.25) is 0 Å². The van der Waals surface area contributed by atoms with Gasteiger partial charge in [0.2, 0.25) is 0 Å². The fourth-order valence-electron chi connectivity index (χ4n) is 1.95. The van der Waals surface area contributed by atoms with Crippen molar-refractivity contribution < 1.29 is 19.1 Å². The number of carbonyl (C=O) groups excluding carboxylic acids is 2. The van der Waals surface area contributed by atoms with Crippen molar-refractivity contribution in [1.29, 1.82) is 0 Å². The van der Waals surface area contributed by atoms with E-state index in [-0.39, 0.29) is 12.2 Å². The van der Waals surface area contributed by atoms with E-state index >= 15 is 0 Å². The van der Waals surface area contributed by atoms with Crippen molar-refractivity contribution in [2.75, 3.05) is 13.7 Å². The largest absolute Gasteiger partial charge is 0.464 e. The highest BCUT2D eigenvalue weighted by atomic mass is 16.6. The topological polar surface area (TPSA) is 55.8 Å². The molecule has 1 rings (SSSR count). The van der Waals surface area contributed by atoms with E-state index in [9.17, 15) is 9.59 Å². The number of nitrogens with zero attached hydrogens (tertiary/aromatic N) is 1. The highest BCUT2D eigenvalue weighted by molar-refractivity contribution is 5.92. The number of hydrogen-bond acceptors (Lipinski definition) is 4. The first-order valence-electron chi connectivity index (χ1n) is 7.72. The lowest BCUT2D eigenvalue weighted by atomic mass is 10.1. The molecule has 0 fully saturated rings. The molecule has 0 aliphatic heterocycles. The van der Waals surface area contributed by atoms with Crippen LogP contribution in [0.15, 0.2) is 54.8 Å². The molecule has 5 heteroatoms. The van der Waals surface area contributed by atoms with E-state index in [4.69, 9.17) is 9.47 Å². The highest BCUT2D eigenvalue weighted by Crippen LogP contribution is 2.16. The van der Waals surface area contributed by atoms with Crippen LogP contribution < -0.4 is 0 Å². The van der Waals surface area contributed by atoms with E-state index in [1.54, 1.807) is 26.8 Å². The summed E-state index contributed by atoms with van der Waals surface area (Å²) in [6, 6.07) is 9.62. The lowest BCUT2D eigenvalue weighted by molar-refractivity contribution is -0.137. The minimum atomic E-state index is -0.669. The van der Waals surface area contributed by atoms with Crippen molar-refractivity contribution in [3.05, 3.63) is 60.3 Å². The summed E-state index contributed by atoms with van der Waals surface area (Å²) in [5.41, 5.74) is 0.481. The Balaban J connectivity index is 3.10. The molecule has 0 spiro atoms. The van der Waals surface area contributed by atoms with Gasteiger partial charge >= 0.3 is 12.1 Å². The molecule has 0 aliphatic carbocycles. The van der Waals surface area contributed by atoms with Crippen molar-refractivity contribution in [2.45, 2.75) is 32.8 Å². The molecule has 0 bridgehead atoms. The van der Waals surface area contributed by atoms with Gasteiger partial charge in [0.25, 0.3) is 0 Å². The molecule has 130 valence electrons. The summed E-state index contributed by atoms with van der Waals surface area (Å²) >= 11 is 0. The van der Waals surface area contributed by atoms with Crippen molar-refractivity contribution in [2.24, 2.45) is 0 Å². The molecule has 0 aromatic heterocycles. The molecule has 0 aliphatic rings. The number of rotatable bonds is 6. The van der Waals surface area contributed by atoms with Crippen molar-refractivity contribution >= 4 is 12.1 Å². The summed E-state index contributed by atoms with van der Waals surface area (Å²) in [7, 11) is 1.28. The van der Waals surface area contributed by atoms with E-state index in [2.05, 4.69) is 6.58 Å². The zero-order valence-corrected chi connectivity index (χ0v) is 14.7. The van der Waals surface area contributed by atoms with Gasteiger partial charge in [-0.05, 0) is 38.8 Å². The minimum Gasteiger partial charge on any atom is -0.464 e. The number of carbonyl (C=O) groups is 2. The quantitative estimate of drug-likeness (QED) is 0.453. The molecule has 0 atom stereocenters. The molecule has 0 radical (unpaired) electrons. The van der Waals surface area contributed by atoms with Crippen LogP contribution in [-0.4, -0.2) is 36.2 Å². The SMILES string of the molecule is C=CCN(C(=O)OC(C)(C)C)/C(=C/Cc1ccccc1)C(=O)OC. The fraction of sp³-hybridized carbons (Fsp3) is 0.368.